The van der Waals surface area contributed by atoms with Crippen LogP contribution in [0, 0.1) is 0 Å². The number of pyridine rings is 1. The molecule has 0 spiro atoms. The number of nitrogens with zero attached hydrogens (tertiary/aromatic N) is 2. The Morgan fingerprint density at radius 3 is 2.35 bits per heavy atom. The standard InChI is InChI=1S/C21H20ClN3O/c1-2-25(18-6-4-3-5-7-18)19-12-13-20(23-15-19)21(26)24-14-16-8-10-17(22)11-9-16/h3-13,15H,2,14H2,1H3,(H,24,26). The predicted molar refractivity (Wildman–Crippen MR) is 106 cm³/mol. The van der Waals surface area contributed by atoms with Gasteiger partial charge in [0.2, 0.25) is 0 Å². The molecule has 2 aromatic carbocycles. The maximum atomic E-state index is 12.3. The zero-order valence-electron chi connectivity index (χ0n) is 14.5. The summed E-state index contributed by atoms with van der Waals surface area (Å²) >= 11 is 5.87. The van der Waals surface area contributed by atoms with Crippen LogP contribution in [0.2, 0.25) is 5.02 Å². The summed E-state index contributed by atoms with van der Waals surface area (Å²) in [7, 11) is 0. The lowest BCUT2D eigenvalue weighted by atomic mass is 10.2. The fraction of sp³-hybridized carbons (Fsp3) is 0.143. The molecule has 0 bridgehead atoms. The number of hydrogen-bond donors (Lipinski definition) is 1. The molecule has 0 fully saturated rings. The first-order valence-electron chi connectivity index (χ1n) is 8.48. The van der Waals surface area contributed by atoms with E-state index in [0.717, 1.165) is 23.5 Å². The van der Waals surface area contributed by atoms with Gasteiger partial charge in [-0.25, -0.2) is 4.98 Å². The molecule has 0 unspecified atom stereocenters. The Bertz CT molecular complexity index is 849. The average Bonchev–Trinajstić information content (AvgIpc) is 2.69. The number of para-hydroxylation sites is 1. The number of anilines is 2. The van der Waals surface area contributed by atoms with Gasteiger partial charge in [0, 0.05) is 23.8 Å². The summed E-state index contributed by atoms with van der Waals surface area (Å²) in [6.45, 7) is 3.33. The monoisotopic (exact) mass is 365 g/mol. The van der Waals surface area contributed by atoms with E-state index in [4.69, 9.17) is 11.6 Å². The lowest BCUT2D eigenvalue weighted by molar-refractivity contribution is 0.0946. The summed E-state index contributed by atoms with van der Waals surface area (Å²) in [6, 6.07) is 21.2. The first-order chi connectivity index (χ1) is 12.7. The molecule has 0 radical (unpaired) electrons. The molecule has 3 aromatic rings. The van der Waals surface area contributed by atoms with Gasteiger partial charge in [-0.1, -0.05) is 41.9 Å². The second kappa shape index (κ2) is 8.50. The molecule has 3 rings (SSSR count). The third kappa shape index (κ3) is 4.41. The SMILES string of the molecule is CCN(c1ccccc1)c1ccc(C(=O)NCc2ccc(Cl)cc2)nc1. The van der Waals surface area contributed by atoms with Crippen molar-refractivity contribution in [2.75, 3.05) is 11.4 Å². The Morgan fingerprint density at radius 2 is 1.73 bits per heavy atom. The van der Waals surface area contributed by atoms with Crippen molar-refractivity contribution >= 4 is 28.9 Å². The van der Waals surface area contributed by atoms with E-state index in [-0.39, 0.29) is 5.91 Å². The average molecular weight is 366 g/mol. The molecule has 1 amide bonds. The topological polar surface area (TPSA) is 45.2 Å². The maximum Gasteiger partial charge on any atom is 0.270 e. The third-order valence-electron chi connectivity index (χ3n) is 4.04. The Hall–Kier alpha value is -2.85. The van der Waals surface area contributed by atoms with Gasteiger partial charge in [0.15, 0.2) is 0 Å². The highest BCUT2D eigenvalue weighted by Gasteiger charge is 2.10. The van der Waals surface area contributed by atoms with Crippen molar-refractivity contribution in [1.82, 2.24) is 10.3 Å². The molecule has 26 heavy (non-hydrogen) atoms. The van der Waals surface area contributed by atoms with E-state index in [1.165, 1.54) is 0 Å². The summed E-state index contributed by atoms with van der Waals surface area (Å²) in [5.74, 6) is -0.200. The second-order valence-electron chi connectivity index (χ2n) is 5.79. The summed E-state index contributed by atoms with van der Waals surface area (Å²) in [5, 5.41) is 3.55. The Labute approximate surface area is 158 Å². The number of amides is 1. The molecule has 1 aromatic heterocycles. The number of benzene rings is 2. The van der Waals surface area contributed by atoms with Gasteiger partial charge in [-0.15, -0.1) is 0 Å². The molecule has 0 saturated heterocycles. The van der Waals surface area contributed by atoms with Gasteiger partial charge in [-0.2, -0.15) is 0 Å². The van der Waals surface area contributed by atoms with Gasteiger partial charge in [-0.05, 0) is 48.9 Å². The largest absolute Gasteiger partial charge is 0.347 e. The van der Waals surface area contributed by atoms with Crippen molar-refractivity contribution in [3.8, 4) is 0 Å². The van der Waals surface area contributed by atoms with Crippen LogP contribution in [0.15, 0.2) is 72.9 Å². The molecule has 1 N–H and O–H groups in total. The van der Waals surface area contributed by atoms with Crippen LogP contribution in [-0.2, 0) is 6.54 Å². The summed E-state index contributed by atoms with van der Waals surface area (Å²) in [5.41, 5.74) is 3.43. The van der Waals surface area contributed by atoms with Crippen molar-refractivity contribution < 1.29 is 4.79 Å². The van der Waals surface area contributed by atoms with E-state index in [1.54, 1.807) is 24.4 Å². The van der Waals surface area contributed by atoms with Crippen molar-refractivity contribution in [2.45, 2.75) is 13.5 Å². The lowest BCUT2D eigenvalue weighted by Crippen LogP contribution is -2.24. The van der Waals surface area contributed by atoms with Crippen LogP contribution in [0.3, 0.4) is 0 Å². The van der Waals surface area contributed by atoms with Crippen LogP contribution in [0.4, 0.5) is 11.4 Å². The molecular weight excluding hydrogens is 346 g/mol. The molecule has 132 valence electrons. The first-order valence-corrected chi connectivity index (χ1v) is 8.86. The zero-order chi connectivity index (χ0) is 18.4. The molecule has 1 heterocycles. The summed E-state index contributed by atoms with van der Waals surface area (Å²) in [4.78, 5) is 18.8. The van der Waals surface area contributed by atoms with E-state index in [1.807, 2.05) is 36.4 Å². The van der Waals surface area contributed by atoms with Crippen molar-refractivity contribution in [3.63, 3.8) is 0 Å². The lowest BCUT2D eigenvalue weighted by Gasteiger charge is -2.22. The molecule has 0 saturated carbocycles. The minimum absolute atomic E-state index is 0.200. The fourth-order valence-electron chi connectivity index (χ4n) is 2.68. The highest BCUT2D eigenvalue weighted by atomic mass is 35.5. The maximum absolute atomic E-state index is 12.3. The molecule has 5 heteroatoms. The van der Waals surface area contributed by atoms with Crippen LogP contribution >= 0.6 is 11.6 Å². The van der Waals surface area contributed by atoms with Gasteiger partial charge in [0.25, 0.3) is 5.91 Å². The number of carbonyl (C=O) groups is 1. The third-order valence-corrected chi connectivity index (χ3v) is 4.29. The Kier molecular flexibility index (Phi) is 5.87. The van der Waals surface area contributed by atoms with E-state index >= 15 is 0 Å². The highest BCUT2D eigenvalue weighted by Crippen LogP contribution is 2.24. The van der Waals surface area contributed by atoms with Crippen LogP contribution < -0.4 is 10.2 Å². The molecule has 0 aliphatic rings. The van der Waals surface area contributed by atoms with E-state index < -0.39 is 0 Å². The van der Waals surface area contributed by atoms with Crippen molar-refractivity contribution in [3.05, 3.63) is 89.2 Å². The first kappa shape index (κ1) is 18.0. The predicted octanol–water partition coefficient (Wildman–Crippen LogP) is 4.82. The zero-order valence-corrected chi connectivity index (χ0v) is 15.3. The van der Waals surface area contributed by atoms with Crippen LogP contribution in [0.25, 0.3) is 0 Å². The van der Waals surface area contributed by atoms with Gasteiger partial charge < -0.3 is 10.2 Å². The summed E-state index contributed by atoms with van der Waals surface area (Å²) < 4.78 is 0. The van der Waals surface area contributed by atoms with Crippen LogP contribution in [-0.4, -0.2) is 17.4 Å². The molecule has 4 nitrogen and oxygen atoms in total. The smallest absolute Gasteiger partial charge is 0.270 e. The number of rotatable bonds is 6. The van der Waals surface area contributed by atoms with E-state index in [0.29, 0.717) is 17.3 Å². The fourth-order valence-corrected chi connectivity index (χ4v) is 2.80. The minimum atomic E-state index is -0.200. The quantitative estimate of drug-likeness (QED) is 0.681. The van der Waals surface area contributed by atoms with Crippen LogP contribution in [0.5, 0.6) is 0 Å². The number of aromatic nitrogens is 1. The number of halogens is 1. The summed E-state index contributed by atoms with van der Waals surface area (Å²) in [6.07, 6.45) is 1.73. The van der Waals surface area contributed by atoms with Crippen LogP contribution in [0.1, 0.15) is 23.0 Å². The second-order valence-corrected chi connectivity index (χ2v) is 6.23. The van der Waals surface area contributed by atoms with Gasteiger partial charge in [0.1, 0.15) is 5.69 Å². The normalized spacial score (nSPS) is 10.4. The minimum Gasteiger partial charge on any atom is -0.347 e. The molecule has 0 aliphatic heterocycles. The van der Waals surface area contributed by atoms with Crippen molar-refractivity contribution in [1.29, 1.82) is 0 Å². The van der Waals surface area contributed by atoms with Crippen molar-refractivity contribution in [2.24, 2.45) is 0 Å². The number of nitrogens with one attached hydrogen (secondary N) is 1. The molecule has 0 aliphatic carbocycles. The van der Waals surface area contributed by atoms with Gasteiger partial charge >= 0.3 is 0 Å². The van der Waals surface area contributed by atoms with Gasteiger partial charge in [0.05, 0.1) is 11.9 Å². The molecular formula is C21H20ClN3O. The Morgan fingerprint density at radius 1 is 1.00 bits per heavy atom. The Balaban J connectivity index is 1.66. The van der Waals surface area contributed by atoms with Gasteiger partial charge in [-0.3, -0.25) is 4.79 Å². The highest BCUT2D eigenvalue weighted by molar-refractivity contribution is 6.30. The number of carbonyl (C=O) groups excluding carboxylic acids is 1. The van der Waals surface area contributed by atoms with E-state index in [9.17, 15) is 4.79 Å². The number of hydrogen-bond acceptors (Lipinski definition) is 3. The molecule has 0 atom stereocenters. The van der Waals surface area contributed by atoms with E-state index in [2.05, 4.69) is 34.3 Å².